The van der Waals surface area contributed by atoms with Crippen LogP contribution in [0.5, 0.6) is 0 Å². The van der Waals surface area contributed by atoms with Crippen LogP contribution >= 0.6 is 15.9 Å². The number of rotatable bonds is 4. The van der Waals surface area contributed by atoms with Crippen molar-refractivity contribution in [2.45, 2.75) is 13.0 Å². The molecule has 82 valence electrons. The summed E-state index contributed by atoms with van der Waals surface area (Å²) in [5.41, 5.74) is 1.21. The molecule has 0 amide bonds. The fourth-order valence-corrected chi connectivity index (χ4v) is 2.07. The van der Waals surface area contributed by atoms with E-state index in [2.05, 4.69) is 22.0 Å². The van der Waals surface area contributed by atoms with Crippen molar-refractivity contribution in [3.05, 3.63) is 34.3 Å². The number of hydrogen-bond acceptors (Lipinski definition) is 2. The highest BCUT2D eigenvalue weighted by molar-refractivity contribution is 9.10. The van der Waals surface area contributed by atoms with Crippen LogP contribution in [0.4, 0.5) is 0 Å². The molecule has 0 aromatic heterocycles. The van der Waals surface area contributed by atoms with Crippen LogP contribution in [0.3, 0.4) is 0 Å². The minimum atomic E-state index is 0.590. The molecular formula is C12H15BrO2. The summed E-state index contributed by atoms with van der Waals surface area (Å²) in [6, 6.07) is 8.16. The fraction of sp³-hybridized carbons (Fsp3) is 0.500. The number of hydrogen-bond donors (Lipinski definition) is 0. The van der Waals surface area contributed by atoms with E-state index < -0.39 is 0 Å². The fourth-order valence-electron chi connectivity index (χ4n) is 1.67. The van der Waals surface area contributed by atoms with Crippen molar-refractivity contribution >= 4 is 15.9 Å². The summed E-state index contributed by atoms with van der Waals surface area (Å²) in [4.78, 5) is 0. The van der Waals surface area contributed by atoms with Gasteiger partial charge in [-0.05, 0) is 18.1 Å². The lowest BCUT2D eigenvalue weighted by atomic mass is 10.1. The smallest absolute Gasteiger partial charge is 0.0727 e. The van der Waals surface area contributed by atoms with E-state index in [9.17, 15) is 0 Å². The van der Waals surface area contributed by atoms with Gasteiger partial charge in [-0.3, -0.25) is 0 Å². The predicted octanol–water partition coefficient (Wildman–Crippen LogP) is 3.00. The van der Waals surface area contributed by atoms with Gasteiger partial charge in [-0.25, -0.2) is 0 Å². The molecule has 1 atom stereocenters. The Kier molecular flexibility index (Phi) is 4.18. The van der Waals surface area contributed by atoms with Gasteiger partial charge in [-0.2, -0.15) is 0 Å². The SMILES string of the molecule is Brc1ccccc1COCC1CCOC1. The van der Waals surface area contributed by atoms with Crippen LogP contribution in [0.15, 0.2) is 28.7 Å². The Morgan fingerprint density at radius 2 is 2.27 bits per heavy atom. The average Bonchev–Trinajstić information content (AvgIpc) is 2.74. The molecule has 2 nitrogen and oxygen atoms in total. The zero-order chi connectivity index (χ0) is 10.5. The first kappa shape index (κ1) is 11.1. The molecule has 1 aliphatic heterocycles. The predicted molar refractivity (Wildman–Crippen MR) is 62.7 cm³/mol. The zero-order valence-corrected chi connectivity index (χ0v) is 10.2. The minimum absolute atomic E-state index is 0.590. The van der Waals surface area contributed by atoms with Crippen LogP contribution in [0.2, 0.25) is 0 Å². The van der Waals surface area contributed by atoms with Crippen molar-refractivity contribution in [2.75, 3.05) is 19.8 Å². The van der Waals surface area contributed by atoms with E-state index in [1.54, 1.807) is 0 Å². The Labute approximate surface area is 98.7 Å². The van der Waals surface area contributed by atoms with Crippen LogP contribution < -0.4 is 0 Å². The first-order valence-corrected chi connectivity index (χ1v) is 6.04. The molecule has 1 unspecified atom stereocenters. The van der Waals surface area contributed by atoms with Gasteiger partial charge in [0.05, 0.1) is 19.8 Å². The molecule has 1 aromatic carbocycles. The van der Waals surface area contributed by atoms with Crippen LogP contribution in [0.1, 0.15) is 12.0 Å². The third-order valence-corrected chi connectivity index (χ3v) is 3.37. The van der Waals surface area contributed by atoms with Crippen molar-refractivity contribution in [3.63, 3.8) is 0 Å². The molecule has 2 rings (SSSR count). The lowest BCUT2D eigenvalue weighted by molar-refractivity contribution is 0.0788. The maximum absolute atomic E-state index is 5.67. The summed E-state index contributed by atoms with van der Waals surface area (Å²) in [7, 11) is 0. The van der Waals surface area contributed by atoms with Gasteiger partial charge >= 0.3 is 0 Å². The van der Waals surface area contributed by atoms with Gasteiger partial charge in [-0.1, -0.05) is 34.1 Å². The molecule has 1 heterocycles. The van der Waals surface area contributed by atoms with E-state index in [1.165, 1.54) is 5.56 Å². The van der Waals surface area contributed by atoms with Crippen LogP contribution in [0.25, 0.3) is 0 Å². The summed E-state index contributed by atoms with van der Waals surface area (Å²) < 4.78 is 12.1. The Morgan fingerprint density at radius 3 is 3.00 bits per heavy atom. The molecule has 0 N–H and O–H groups in total. The lowest BCUT2D eigenvalue weighted by Gasteiger charge is -2.09. The summed E-state index contributed by atoms with van der Waals surface area (Å²) in [6.45, 7) is 3.23. The van der Waals surface area contributed by atoms with Crippen LogP contribution in [-0.4, -0.2) is 19.8 Å². The Bertz CT molecular complexity index is 308. The maximum Gasteiger partial charge on any atom is 0.0727 e. The molecule has 0 saturated carbocycles. The van der Waals surface area contributed by atoms with Gasteiger partial charge in [-0.15, -0.1) is 0 Å². The highest BCUT2D eigenvalue weighted by atomic mass is 79.9. The molecule has 0 bridgehead atoms. The first-order chi connectivity index (χ1) is 7.36. The van der Waals surface area contributed by atoms with Crippen molar-refractivity contribution in [1.82, 2.24) is 0 Å². The average molecular weight is 271 g/mol. The summed E-state index contributed by atoms with van der Waals surface area (Å²) in [5, 5.41) is 0. The summed E-state index contributed by atoms with van der Waals surface area (Å²) in [6.07, 6.45) is 1.13. The summed E-state index contributed by atoms with van der Waals surface area (Å²) >= 11 is 3.51. The van der Waals surface area contributed by atoms with Crippen molar-refractivity contribution in [3.8, 4) is 0 Å². The zero-order valence-electron chi connectivity index (χ0n) is 8.62. The largest absolute Gasteiger partial charge is 0.381 e. The molecule has 3 heteroatoms. The second kappa shape index (κ2) is 5.64. The molecule has 0 radical (unpaired) electrons. The molecule has 1 fully saturated rings. The van der Waals surface area contributed by atoms with Crippen LogP contribution in [-0.2, 0) is 16.1 Å². The van der Waals surface area contributed by atoms with Gasteiger partial charge in [0.1, 0.15) is 0 Å². The quantitative estimate of drug-likeness (QED) is 0.838. The van der Waals surface area contributed by atoms with E-state index in [4.69, 9.17) is 9.47 Å². The van der Waals surface area contributed by atoms with Crippen molar-refractivity contribution < 1.29 is 9.47 Å². The second-order valence-electron chi connectivity index (χ2n) is 3.84. The highest BCUT2D eigenvalue weighted by Gasteiger charge is 2.15. The molecule has 1 saturated heterocycles. The lowest BCUT2D eigenvalue weighted by Crippen LogP contribution is -2.09. The Hall–Kier alpha value is -0.380. The molecule has 1 aliphatic rings. The van der Waals surface area contributed by atoms with Crippen LogP contribution in [0, 0.1) is 5.92 Å². The minimum Gasteiger partial charge on any atom is -0.381 e. The number of ether oxygens (including phenoxy) is 2. The van der Waals surface area contributed by atoms with E-state index in [0.717, 1.165) is 30.7 Å². The normalized spacial score (nSPS) is 20.7. The first-order valence-electron chi connectivity index (χ1n) is 5.25. The number of benzene rings is 1. The maximum atomic E-state index is 5.67. The third kappa shape index (κ3) is 3.30. The standard InChI is InChI=1S/C12H15BrO2/c13-12-4-2-1-3-11(12)9-15-8-10-5-6-14-7-10/h1-4,10H,5-9H2. The van der Waals surface area contributed by atoms with E-state index in [1.807, 2.05) is 18.2 Å². The van der Waals surface area contributed by atoms with Gasteiger partial charge in [0.25, 0.3) is 0 Å². The Balaban J connectivity index is 1.75. The van der Waals surface area contributed by atoms with E-state index >= 15 is 0 Å². The molecule has 1 aromatic rings. The van der Waals surface area contributed by atoms with E-state index in [-0.39, 0.29) is 0 Å². The van der Waals surface area contributed by atoms with Crippen molar-refractivity contribution in [1.29, 1.82) is 0 Å². The second-order valence-corrected chi connectivity index (χ2v) is 4.69. The van der Waals surface area contributed by atoms with E-state index in [0.29, 0.717) is 12.5 Å². The van der Waals surface area contributed by atoms with Crippen molar-refractivity contribution in [2.24, 2.45) is 5.92 Å². The molecular weight excluding hydrogens is 256 g/mol. The number of halogens is 1. The topological polar surface area (TPSA) is 18.5 Å². The monoisotopic (exact) mass is 270 g/mol. The third-order valence-electron chi connectivity index (χ3n) is 2.59. The Morgan fingerprint density at radius 1 is 1.40 bits per heavy atom. The van der Waals surface area contributed by atoms with Gasteiger partial charge in [0.2, 0.25) is 0 Å². The molecule has 0 aliphatic carbocycles. The molecule has 0 spiro atoms. The molecule has 15 heavy (non-hydrogen) atoms. The highest BCUT2D eigenvalue weighted by Crippen LogP contribution is 2.18. The van der Waals surface area contributed by atoms with Gasteiger partial charge in [0, 0.05) is 17.0 Å². The van der Waals surface area contributed by atoms with Gasteiger partial charge in [0.15, 0.2) is 0 Å². The summed E-state index contributed by atoms with van der Waals surface area (Å²) in [5.74, 6) is 0.590. The van der Waals surface area contributed by atoms with Gasteiger partial charge < -0.3 is 9.47 Å².